The maximum absolute atomic E-state index is 13.2. The molecule has 0 aromatic heterocycles. The quantitative estimate of drug-likeness (QED) is 0.198. The van der Waals surface area contributed by atoms with Crippen LogP contribution in [0.25, 0.3) is 0 Å². The molecule has 2 atom stereocenters. The van der Waals surface area contributed by atoms with Gasteiger partial charge in [0.1, 0.15) is 0 Å². The number of hydrogen-bond donors (Lipinski definition) is 0. The lowest BCUT2D eigenvalue weighted by Gasteiger charge is -2.24. The number of carbonyl (C=O) groups is 2. The Balaban J connectivity index is 4.46. The Bertz CT molecular complexity index is 476. The summed E-state index contributed by atoms with van der Waals surface area (Å²) in [5.41, 5.74) is 0. The van der Waals surface area contributed by atoms with Crippen LogP contribution in [0.15, 0.2) is 0 Å². The second-order valence-corrected chi connectivity index (χ2v) is 9.02. The van der Waals surface area contributed by atoms with Crippen LogP contribution >= 0.6 is 0 Å². The fourth-order valence-corrected chi connectivity index (χ4v) is 3.06. The van der Waals surface area contributed by atoms with E-state index in [2.05, 4.69) is 27.7 Å². The van der Waals surface area contributed by atoms with Gasteiger partial charge in [0.05, 0.1) is 31.5 Å². The minimum atomic E-state index is -4.59. The van der Waals surface area contributed by atoms with E-state index >= 15 is 0 Å². The molecule has 0 aromatic rings. The van der Waals surface area contributed by atoms with Crippen molar-refractivity contribution < 1.29 is 32.2 Å². The molecule has 178 valence electrons. The first kappa shape index (κ1) is 28.7. The van der Waals surface area contributed by atoms with E-state index in [1.165, 1.54) is 0 Å². The van der Waals surface area contributed by atoms with Gasteiger partial charge in [-0.2, -0.15) is 13.2 Å². The summed E-state index contributed by atoms with van der Waals surface area (Å²) in [6.45, 7) is 9.65. The predicted octanol–water partition coefficient (Wildman–Crippen LogP) is 6.71. The Hall–Kier alpha value is -1.27. The van der Waals surface area contributed by atoms with Crippen molar-refractivity contribution in [2.75, 3.05) is 13.2 Å². The lowest BCUT2D eigenvalue weighted by atomic mass is 9.90. The smallest absolute Gasteiger partial charge is 0.392 e. The van der Waals surface area contributed by atoms with E-state index in [0.29, 0.717) is 24.7 Å². The Kier molecular flexibility index (Phi) is 14.9. The van der Waals surface area contributed by atoms with Crippen LogP contribution in [0, 0.1) is 23.7 Å². The topological polar surface area (TPSA) is 52.6 Å². The number of unbranched alkanes of at least 4 members (excludes halogenated alkanes) is 4. The molecule has 0 saturated carbocycles. The summed E-state index contributed by atoms with van der Waals surface area (Å²) in [5, 5.41) is 0. The van der Waals surface area contributed by atoms with Crippen LogP contribution in [0.3, 0.4) is 0 Å². The highest BCUT2D eigenvalue weighted by atomic mass is 19.4. The molecule has 0 fully saturated rings. The van der Waals surface area contributed by atoms with Gasteiger partial charge in [0.25, 0.3) is 0 Å². The zero-order valence-electron chi connectivity index (χ0n) is 19.4. The molecule has 0 amide bonds. The normalized spacial score (nSPS) is 14.1. The lowest BCUT2D eigenvalue weighted by Crippen LogP contribution is -2.36. The van der Waals surface area contributed by atoms with Crippen LogP contribution in [0.4, 0.5) is 13.2 Å². The summed E-state index contributed by atoms with van der Waals surface area (Å²) < 4.78 is 49.6. The van der Waals surface area contributed by atoms with Crippen molar-refractivity contribution in [1.82, 2.24) is 0 Å². The second-order valence-electron chi connectivity index (χ2n) is 9.02. The van der Waals surface area contributed by atoms with Gasteiger partial charge in [0.2, 0.25) is 0 Å². The molecule has 0 aliphatic rings. The maximum atomic E-state index is 13.2. The number of halogens is 3. The summed E-state index contributed by atoms with van der Waals surface area (Å²) >= 11 is 0. The van der Waals surface area contributed by atoms with Crippen LogP contribution in [0.1, 0.15) is 92.4 Å². The van der Waals surface area contributed by atoms with Gasteiger partial charge in [0, 0.05) is 0 Å². The Morgan fingerprint density at radius 1 is 0.733 bits per heavy atom. The molecule has 0 spiro atoms. The molecular weight excluding hydrogens is 397 g/mol. The molecule has 0 radical (unpaired) electrons. The van der Waals surface area contributed by atoms with Crippen molar-refractivity contribution in [2.45, 2.75) is 98.6 Å². The van der Waals surface area contributed by atoms with E-state index in [0.717, 1.165) is 45.4 Å². The molecule has 0 aromatic carbocycles. The van der Waals surface area contributed by atoms with Gasteiger partial charge >= 0.3 is 18.1 Å². The molecule has 0 heterocycles. The van der Waals surface area contributed by atoms with Gasteiger partial charge in [-0.15, -0.1) is 0 Å². The maximum Gasteiger partial charge on any atom is 0.392 e. The van der Waals surface area contributed by atoms with Crippen LogP contribution in [-0.2, 0) is 19.1 Å². The number of rotatable bonds is 16. The second kappa shape index (κ2) is 15.5. The minimum Gasteiger partial charge on any atom is -0.466 e. The highest BCUT2D eigenvalue weighted by Gasteiger charge is 2.45. The van der Waals surface area contributed by atoms with E-state index in [4.69, 9.17) is 9.47 Å². The predicted molar refractivity (Wildman–Crippen MR) is 112 cm³/mol. The van der Waals surface area contributed by atoms with E-state index < -0.39 is 36.4 Å². The standard InChI is InChI=1S/C23H41F3O4/c1-17(2)12-8-6-10-14-29-21(27)16-20(19(5)23(24,25)26)22(28)30-15-11-7-9-13-18(3)4/h17-20H,6-16H2,1-5H3. The SMILES string of the molecule is CC(C)CCCCCOC(=O)CC(C(=O)OCCCCCC(C)C)C(C)C(F)(F)F. The summed E-state index contributed by atoms with van der Waals surface area (Å²) in [6, 6.07) is 0. The largest absolute Gasteiger partial charge is 0.466 e. The average molecular weight is 439 g/mol. The monoisotopic (exact) mass is 438 g/mol. The number of alkyl halides is 3. The number of hydrogen-bond acceptors (Lipinski definition) is 4. The molecular formula is C23H41F3O4. The molecule has 0 aliphatic carbocycles. The van der Waals surface area contributed by atoms with Crippen molar-refractivity contribution in [3.63, 3.8) is 0 Å². The van der Waals surface area contributed by atoms with Crippen molar-refractivity contribution in [1.29, 1.82) is 0 Å². The van der Waals surface area contributed by atoms with Crippen molar-refractivity contribution >= 4 is 11.9 Å². The van der Waals surface area contributed by atoms with Crippen LogP contribution in [0.2, 0.25) is 0 Å². The summed E-state index contributed by atoms with van der Waals surface area (Å²) in [7, 11) is 0. The van der Waals surface area contributed by atoms with E-state index in [9.17, 15) is 22.8 Å². The fourth-order valence-electron chi connectivity index (χ4n) is 3.06. The molecule has 30 heavy (non-hydrogen) atoms. The van der Waals surface area contributed by atoms with E-state index in [1.807, 2.05) is 0 Å². The fraction of sp³-hybridized carbons (Fsp3) is 0.913. The van der Waals surface area contributed by atoms with Gasteiger partial charge in [-0.3, -0.25) is 9.59 Å². The van der Waals surface area contributed by atoms with Crippen molar-refractivity contribution in [2.24, 2.45) is 23.7 Å². The highest BCUT2D eigenvalue weighted by Crippen LogP contribution is 2.34. The van der Waals surface area contributed by atoms with Crippen LogP contribution in [-0.4, -0.2) is 31.3 Å². The Morgan fingerprint density at radius 3 is 1.63 bits per heavy atom. The third kappa shape index (κ3) is 14.7. The number of esters is 2. The molecule has 0 bridgehead atoms. The van der Waals surface area contributed by atoms with Crippen molar-refractivity contribution in [3.05, 3.63) is 0 Å². The molecule has 4 nitrogen and oxygen atoms in total. The van der Waals surface area contributed by atoms with Gasteiger partial charge in [-0.25, -0.2) is 0 Å². The number of ether oxygens (including phenoxy) is 2. The lowest BCUT2D eigenvalue weighted by molar-refractivity contribution is -0.196. The van der Waals surface area contributed by atoms with E-state index in [1.54, 1.807) is 0 Å². The first-order valence-electron chi connectivity index (χ1n) is 11.3. The van der Waals surface area contributed by atoms with Crippen LogP contribution < -0.4 is 0 Å². The molecule has 7 heteroatoms. The average Bonchev–Trinajstić information content (AvgIpc) is 2.63. The Labute approximate surface area is 180 Å². The zero-order valence-corrected chi connectivity index (χ0v) is 19.4. The third-order valence-corrected chi connectivity index (χ3v) is 5.17. The first-order chi connectivity index (χ1) is 13.9. The first-order valence-corrected chi connectivity index (χ1v) is 11.3. The minimum absolute atomic E-state index is 0.0723. The van der Waals surface area contributed by atoms with Crippen LogP contribution in [0.5, 0.6) is 0 Å². The molecule has 2 unspecified atom stereocenters. The van der Waals surface area contributed by atoms with Gasteiger partial charge in [-0.1, -0.05) is 73.1 Å². The summed E-state index contributed by atoms with van der Waals surface area (Å²) in [6.07, 6.45) is 1.97. The van der Waals surface area contributed by atoms with Crippen molar-refractivity contribution in [3.8, 4) is 0 Å². The molecule has 0 aliphatic heterocycles. The zero-order chi connectivity index (χ0) is 23.2. The Morgan fingerprint density at radius 2 is 1.20 bits per heavy atom. The third-order valence-electron chi connectivity index (χ3n) is 5.17. The summed E-state index contributed by atoms with van der Waals surface area (Å²) in [5.74, 6) is -4.10. The number of carbonyl (C=O) groups excluding carboxylic acids is 2. The molecule has 0 saturated heterocycles. The molecule has 0 N–H and O–H groups in total. The van der Waals surface area contributed by atoms with Gasteiger partial charge in [0.15, 0.2) is 0 Å². The van der Waals surface area contributed by atoms with E-state index in [-0.39, 0.29) is 13.2 Å². The highest BCUT2D eigenvalue weighted by molar-refractivity contribution is 5.80. The van der Waals surface area contributed by atoms with Gasteiger partial charge in [-0.05, 0) is 24.7 Å². The van der Waals surface area contributed by atoms with Gasteiger partial charge < -0.3 is 9.47 Å². The molecule has 0 rings (SSSR count). The summed E-state index contributed by atoms with van der Waals surface area (Å²) in [4.78, 5) is 24.3.